The summed E-state index contributed by atoms with van der Waals surface area (Å²) in [5.74, 6) is -0.327. The molecule has 108 valence electrons. The van der Waals surface area contributed by atoms with Gasteiger partial charge in [0.1, 0.15) is 0 Å². The van der Waals surface area contributed by atoms with Gasteiger partial charge >= 0.3 is 5.76 Å². The summed E-state index contributed by atoms with van der Waals surface area (Å²) in [6.45, 7) is 2.08. The van der Waals surface area contributed by atoms with Gasteiger partial charge in [0, 0.05) is 11.9 Å². The van der Waals surface area contributed by atoms with E-state index >= 15 is 0 Å². The molecule has 3 aromatic rings. The molecule has 4 heteroatoms. The molecule has 1 unspecified atom stereocenters. The Labute approximate surface area is 131 Å². The van der Waals surface area contributed by atoms with Crippen LogP contribution in [0.2, 0.25) is 0 Å². The van der Waals surface area contributed by atoms with E-state index in [1.165, 1.54) is 15.7 Å². The first-order valence-corrected chi connectivity index (χ1v) is 7.75. The molecular formula is C17H16BrNO2. The second-order valence-electron chi connectivity index (χ2n) is 5.31. The molecule has 0 N–H and O–H groups in total. The highest BCUT2D eigenvalue weighted by molar-refractivity contribution is 9.09. The molecule has 0 spiro atoms. The lowest BCUT2D eigenvalue weighted by Crippen LogP contribution is -2.08. The van der Waals surface area contributed by atoms with Crippen LogP contribution >= 0.6 is 15.9 Å². The molecule has 21 heavy (non-hydrogen) atoms. The van der Waals surface area contributed by atoms with E-state index in [0.29, 0.717) is 5.58 Å². The number of hydrogen-bond donors (Lipinski definition) is 0. The summed E-state index contributed by atoms with van der Waals surface area (Å²) in [6, 6.07) is 14.4. The van der Waals surface area contributed by atoms with Crippen LogP contribution < -0.4 is 5.76 Å². The Morgan fingerprint density at radius 3 is 2.62 bits per heavy atom. The molecule has 0 saturated heterocycles. The van der Waals surface area contributed by atoms with Crippen LogP contribution in [0.1, 0.15) is 21.5 Å². The number of oxazole rings is 1. The number of aromatic nitrogens is 1. The lowest BCUT2D eigenvalue weighted by Gasteiger charge is -2.10. The summed E-state index contributed by atoms with van der Waals surface area (Å²) in [6.07, 6.45) is 0.892. The molecular weight excluding hydrogens is 330 g/mol. The van der Waals surface area contributed by atoms with Gasteiger partial charge in [0.05, 0.1) is 5.52 Å². The van der Waals surface area contributed by atoms with Crippen LogP contribution in [0, 0.1) is 6.92 Å². The van der Waals surface area contributed by atoms with E-state index in [4.69, 9.17) is 4.42 Å². The van der Waals surface area contributed by atoms with Crippen molar-refractivity contribution in [3.63, 3.8) is 0 Å². The zero-order valence-corrected chi connectivity index (χ0v) is 13.6. The average Bonchev–Trinajstić information content (AvgIpc) is 2.76. The third-order valence-electron chi connectivity index (χ3n) is 3.71. The number of halogens is 1. The van der Waals surface area contributed by atoms with Crippen LogP contribution in [0.4, 0.5) is 0 Å². The van der Waals surface area contributed by atoms with Crippen molar-refractivity contribution in [2.75, 3.05) is 0 Å². The van der Waals surface area contributed by atoms with Crippen molar-refractivity contribution < 1.29 is 4.42 Å². The van der Waals surface area contributed by atoms with Gasteiger partial charge in [-0.2, -0.15) is 0 Å². The number of aryl methyl sites for hydroxylation is 2. The fourth-order valence-corrected chi connectivity index (χ4v) is 3.05. The zero-order chi connectivity index (χ0) is 15.0. The second-order valence-corrected chi connectivity index (χ2v) is 6.42. The Balaban J connectivity index is 1.89. The first kappa shape index (κ1) is 14.1. The summed E-state index contributed by atoms with van der Waals surface area (Å²) in [4.78, 5) is 11.7. The van der Waals surface area contributed by atoms with Gasteiger partial charge in [-0.25, -0.2) is 4.79 Å². The molecule has 0 bridgehead atoms. The minimum absolute atomic E-state index is 0.190. The molecule has 1 aromatic heterocycles. The molecule has 0 radical (unpaired) electrons. The Bertz CT molecular complexity index is 830. The molecule has 0 fully saturated rings. The van der Waals surface area contributed by atoms with Crippen molar-refractivity contribution in [1.82, 2.24) is 4.57 Å². The normalized spacial score (nSPS) is 12.7. The largest absolute Gasteiger partial charge is 0.419 e. The van der Waals surface area contributed by atoms with E-state index in [0.717, 1.165) is 17.5 Å². The molecule has 2 aromatic carbocycles. The maximum Gasteiger partial charge on any atom is 0.419 e. The van der Waals surface area contributed by atoms with Crippen molar-refractivity contribution in [3.8, 4) is 0 Å². The smallest absolute Gasteiger partial charge is 0.408 e. The number of benzene rings is 2. The molecule has 0 amide bonds. The highest BCUT2D eigenvalue weighted by Crippen LogP contribution is 2.29. The van der Waals surface area contributed by atoms with Gasteiger partial charge in [-0.05, 0) is 36.6 Å². The molecule has 0 aliphatic carbocycles. The fraction of sp³-hybridized carbons (Fsp3) is 0.235. The minimum Gasteiger partial charge on any atom is -0.408 e. The molecule has 0 saturated carbocycles. The maximum absolute atomic E-state index is 11.5. The van der Waals surface area contributed by atoms with E-state index in [2.05, 4.69) is 47.1 Å². The Kier molecular flexibility index (Phi) is 3.72. The van der Waals surface area contributed by atoms with Crippen LogP contribution in [0.5, 0.6) is 0 Å². The van der Waals surface area contributed by atoms with Crippen molar-refractivity contribution in [2.24, 2.45) is 7.05 Å². The number of nitrogens with zero attached hydrogens (tertiary/aromatic N) is 1. The van der Waals surface area contributed by atoms with Gasteiger partial charge in [-0.15, -0.1) is 0 Å². The summed E-state index contributed by atoms with van der Waals surface area (Å²) in [7, 11) is 1.71. The van der Waals surface area contributed by atoms with Crippen LogP contribution in [-0.4, -0.2) is 4.57 Å². The number of hydrogen-bond acceptors (Lipinski definition) is 2. The third-order valence-corrected chi connectivity index (χ3v) is 4.57. The van der Waals surface area contributed by atoms with Crippen LogP contribution in [-0.2, 0) is 13.5 Å². The van der Waals surface area contributed by atoms with Gasteiger partial charge in [0.15, 0.2) is 5.58 Å². The quantitative estimate of drug-likeness (QED) is 0.669. The topological polar surface area (TPSA) is 35.1 Å². The summed E-state index contributed by atoms with van der Waals surface area (Å²) >= 11 is 3.73. The molecule has 3 nitrogen and oxygen atoms in total. The van der Waals surface area contributed by atoms with E-state index in [1.54, 1.807) is 7.05 Å². The Morgan fingerprint density at radius 1 is 1.19 bits per heavy atom. The SMILES string of the molecule is Cc1ccc(CC(Br)c2ccc3c(c2)oc(=O)n3C)cc1. The van der Waals surface area contributed by atoms with Gasteiger partial charge in [-0.3, -0.25) is 4.57 Å². The van der Waals surface area contributed by atoms with Gasteiger partial charge in [-0.1, -0.05) is 51.8 Å². The number of rotatable bonds is 3. The summed E-state index contributed by atoms with van der Waals surface area (Å²) in [5, 5.41) is 0. The van der Waals surface area contributed by atoms with Gasteiger partial charge in [0.25, 0.3) is 0 Å². The maximum atomic E-state index is 11.5. The van der Waals surface area contributed by atoms with E-state index in [-0.39, 0.29) is 10.6 Å². The Hall–Kier alpha value is -1.81. The monoisotopic (exact) mass is 345 g/mol. The molecule has 0 aliphatic heterocycles. The number of fused-ring (bicyclic) bond motifs is 1. The van der Waals surface area contributed by atoms with Crippen molar-refractivity contribution in [1.29, 1.82) is 0 Å². The van der Waals surface area contributed by atoms with Crippen molar-refractivity contribution in [2.45, 2.75) is 18.2 Å². The van der Waals surface area contributed by atoms with Crippen LogP contribution in [0.15, 0.2) is 51.7 Å². The van der Waals surface area contributed by atoms with Crippen molar-refractivity contribution in [3.05, 3.63) is 69.7 Å². The van der Waals surface area contributed by atoms with E-state index < -0.39 is 0 Å². The molecule has 0 aliphatic rings. The summed E-state index contributed by atoms with van der Waals surface area (Å²) in [5.41, 5.74) is 5.10. The Morgan fingerprint density at radius 2 is 1.90 bits per heavy atom. The zero-order valence-electron chi connectivity index (χ0n) is 12.0. The average molecular weight is 346 g/mol. The lowest BCUT2D eigenvalue weighted by atomic mass is 10.0. The van der Waals surface area contributed by atoms with Gasteiger partial charge in [0.2, 0.25) is 0 Å². The molecule has 1 heterocycles. The standard InChI is InChI=1S/C17H16BrNO2/c1-11-3-5-12(6-4-11)9-14(18)13-7-8-15-16(10-13)21-17(20)19(15)2/h3-8,10,14H,9H2,1-2H3. The first-order chi connectivity index (χ1) is 10.0. The fourth-order valence-electron chi connectivity index (χ4n) is 2.39. The highest BCUT2D eigenvalue weighted by atomic mass is 79.9. The first-order valence-electron chi connectivity index (χ1n) is 6.83. The third kappa shape index (κ3) is 2.81. The molecule has 1 atom stereocenters. The second kappa shape index (κ2) is 5.53. The predicted molar refractivity (Wildman–Crippen MR) is 88.0 cm³/mol. The minimum atomic E-state index is -0.327. The van der Waals surface area contributed by atoms with Crippen LogP contribution in [0.25, 0.3) is 11.1 Å². The van der Waals surface area contributed by atoms with Crippen LogP contribution in [0.3, 0.4) is 0 Å². The van der Waals surface area contributed by atoms with Crippen molar-refractivity contribution >= 4 is 27.0 Å². The summed E-state index contributed by atoms with van der Waals surface area (Å²) < 4.78 is 6.76. The highest BCUT2D eigenvalue weighted by Gasteiger charge is 2.12. The lowest BCUT2D eigenvalue weighted by molar-refractivity contribution is 0.528. The van der Waals surface area contributed by atoms with E-state index in [1.807, 2.05) is 18.2 Å². The molecule has 3 rings (SSSR count). The van der Waals surface area contributed by atoms with E-state index in [9.17, 15) is 4.79 Å². The number of alkyl halides is 1. The predicted octanol–water partition coefficient (Wildman–Crippen LogP) is 4.12. The van der Waals surface area contributed by atoms with Gasteiger partial charge < -0.3 is 4.42 Å².